The first-order valence-electron chi connectivity index (χ1n) is 8.49. The molecule has 4 heterocycles. The van der Waals surface area contributed by atoms with Gasteiger partial charge in [0.2, 0.25) is 5.16 Å². The zero-order valence-corrected chi connectivity index (χ0v) is 15.2. The number of hydrogen-bond acceptors (Lipinski definition) is 6. The fourth-order valence-corrected chi connectivity index (χ4v) is 3.79. The normalized spacial score (nSPS) is 24.0. The summed E-state index contributed by atoms with van der Waals surface area (Å²) in [5.41, 5.74) is 2.83. The van der Waals surface area contributed by atoms with Crippen LogP contribution in [-0.2, 0) is 20.3 Å². The minimum atomic E-state index is -1.27. The number of amides is 1. The maximum Gasteiger partial charge on any atom is 0.253 e. The number of nitrogens with one attached hydrogen (secondary N) is 2. The lowest BCUT2D eigenvalue weighted by Gasteiger charge is -2.29. The SMILES string of the molecule is CS(=O)c1nccc(-c2cc3c([nH]2)C(C[C@@H]2COCCO2)CNC3=O)n1. The van der Waals surface area contributed by atoms with E-state index in [2.05, 4.69) is 20.3 Å². The van der Waals surface area contributed by atoms with Gasteiger partial charge < -0.3 is 19.8 Å². The predicted octanol–water partition coefficient (Wildman–Crippen LogP) is 0.842. The van der Waals surface area contributed by atoms with Crippen molar-refractivity contribution in [3.05, 3.63) is 29.6 Å². The Labute approximate surface area is 153 Å². The Balaban J connectivity index is 1.64. The molecule has 0 radical (unpaired) electrons. The second kappa shape index (κ2) is 7.26. The Morgan fingerprint density at radius 1 is 1.38 bits per heavy atom. The van der Waals surface area contributed by atoms with Crippen molar-refractivity contribution >= 4 is 16.7 Å². The Kier molecular flexibility index (Phi) is 4.84. The number of H-pyrrole nitrogens is 1. The summed E-state index contributed by atoms with van der Waals surface area (Å²) in [6.45, 7) is 2.36. The van der Waals surface area contributed by atoms with Crippen LogP contribution in [0.2, 0.25) is 0 Å². The van der Waals surface area contributed by atoms with Gasteiger partial charge >= 0.3 is 0 Å². The molecule has 8 nitrogen and oxygen atoms in total. The standard InChI is InChI=1S/C17H20N4O4S/c1-26(23)17-18-3-2-13(21-17)14-7-12-15(20-14)10(8-19-16(12)22)6-11-9-24-4-5-25-11/h2-3,7,10-11,20H,4-6,8-9H2,1H3,(H,19,22)/t10?,11-,26?/m1/s1. The summed E-state index contributed by atoms with van der Waals surface area (Å²) in [6.07, 6.45) is 3.90. The van der Waals surface area contributed by atoms with Crippen molar-refractivity contribution < 1.29 is 18.5 Å². The van der Waals surface area contributed by atoms with Gasteiger partial charge in [-0.3, -0.25) is 9.00 Å². The van der Waals surface area contributed by atoms with Crippen LogP contribution in [0.3, 0.4) is 0 Å². The van der Waals surface area contributed by atoms with Crippen molar-refractivity contribution in [1.29, 1.82) is 0 Å². The average Bonchev–Trinajstić information content (AvgIpc) is 3.12. The van der Waals surface area contributed by atoms with Crippen LogP contribution >= 0.6 is 0 Å². The molecule has 138 valence electrons. The third-order valence-corrected chi connectivity index (χ3v) is 5.32. The molecule has 1 fully saturated rings. The number of aromatic amines is 1. The topological polar surface area (TPSA) is 106 Å². The smallest absolute Gasteiger partial charge is 0.253 e. The molecular weight excluding hydrogens is 356 g/mol. The Bertz CT molecular complexity index is 847. The van der Waals surface area contributed by atoms with Gasteiger partial charge in [0, 0.05) is 30.6 Å². The van der Waals surface area contributed by atoms with Gasteiger partial charge in [0.25, 0.3) is 5.91 Å². The molecule has 2 unspecified atom stereocenters. The van der Waals surface area contributed by atoms with Crippen molar-refractivity contribution in [2.24, 2.45) is 0 Å². The van der Waals surface area contributed by atoms with Crippen molar-refractivity contribution in [2.45, 2.75) is 23.6 Å². The molecule has 2 aromatic rings. The second-order valence-corrected chi connectivity index (χ2v) is 7.67. The maximum absolute atomic E-state index is 12.3. The van der Waals surface area contributed by atoms with Crippen LogP contribution in [0.4, 0.5) is 0 Å². The van der Waals surface area contributed by atoms with E-state index in [1.807, 2.05) is 0 Å². The van der Waals surface area contributed by atoms with Crippen LogP contribution in [-0.4, -0.2) is 63.8 Å². The molecule has 0 saturated carbocycles. The van der Waals surface area contributed by atoms with Gasteiger partial charge in [0.1, 0.15) is 0 Å². The fourth-order valence-electron chi connectivity index (χ4n) is 3.35. The Morgan fingerprint density at radius 3 is 3.04 bits per heavy atom. The first kappa shape index (κ1) is 17.3. The number of nitrogens with zero attached hydrogens (tertiary/aromatic N) is 2. The number of carbonyl (C=O) groups is 1. The molecule has 0 bridgehead atoms. The quantitative estimate of drug-likeness (QED) is 0.766. The van der Waals surface area contributed by atoms with Gasteiger partial charge in [-0.05, 0) is 18.6 Å². The summed E-state index contributed by atoms with van der Waals surface area (Å²) in [5.74, 6) is 0.0117. The molecule has 26 heavy (non-hydrogen) atoms. The highest BCUT2D eigenvalue weighted by atomic mass is 32.2. The van der Waals surface area contributed by atoms with Gasteiger partial charge in [0.15, 0.2) is 0 Å². The number of carbonyl (C=O) groups excluding carboxylic acids is 1. The fraction of sp³-hybridized carbons (Fsp3) is 0.471. The minimum absolute atomic E-state index is 0.0246. The lowest BCUT2D eigenvalue weighted by molar-refractivity contribution is -0.0928. The molecule has 2 aliphatic rings. The molecule has 0 spiro atoms. The summed E-state index contributed by atoms with van der Waals surface area (Å²) < 4.78 is 22.9. The maximum atomic E-state index is 12.3. The predicted molar refractivity (Wildman–Crippen MR) is 94.4 cm³/mol. The number of fused-ring (bicyclic) bond motifs is 1. The van der Waals surface area contributed by atoms with Crippen molar-refractivity contribution in [3.63, 3.8) is 0 Å². The van der Waals surface area contributed by atoms with Crippen molar-refractivity contribution in [3.8, 4) is 11.4 Å². The van der Waals surface area contributed by atoms with Gasteiger partial charge in [-0.15, -0.1) is 0 Å². The highest BCUT2D eigenvalue weighted by Gasteiger charge is 2.31. The highest BCUT2D eigenvalue weighted by molar-refractivity contribution is 7.84. The first-order chi connectivity index (χ1) is 12.6. The van der Waals surface area contributed by atoms with Gasteiger partial charge in [-0.1, -0.05) is 0 Å². The monoisotopic (exact) mass is 376 g/mol. The van der Waals surface area contributed by atoms with E-state index in [1.165, 1.54) is 6.26 Å². The lowest BCUT2D eigenvalue weighted by atomic mass is 9.92. The number of aromatic nitrogens is 3. The van der Waals surface area contributed by atoms with Gasteiger partial charge in [0.05, 0.1) is 53.7 Å². The van der Waals surface area contributed by atoms with Crippen LogP contribution in [0.25, 0.3) is 11.4 Å². The summed E-state index contributed by atoms with van der Waals surface area (Å²) in [6, 6.07) is 3.53. The van der Waals surface area contributed by atoms with Gasteiger partial charge in [-0.2, -0.15) is 0 Å². The number of hydrogen-bond donors (Lipinski definition) is 2. The van der Waals surface area contributed by atoms with E-state index in [0.717, 1.165) is 12.1 Å². The molecule has 4 rings (SSSR count). The van der Waals surface area contributed by atoms with Crippen LogP contribution < -0.4 is 5.32 Å². The van der Waals surface area contributed by atoms with Crippen LogP contribution in [0, 0.1) is 0 Å². The Hall–Kier alpha value is -2.10. The van der Waals surface area contributed by atoms with E-state index >= 15 is 0 Å². The highest BCUT2D eigenvalue weighted by Crippen LogP contribution is 2.32. The summed E-state index contributed by atoms with van der Waals surface area (Å²) in [4.78, 5) is 24.0. The van der Waals surface area contributed by atoms with Crippen molar-refractivity contribution in [1.82, 2.24) is 20.3 Å². The van der Waals surface area contributed by atoms with E-state index in [-0.39, 0.29) is 23.1 Å². The third-order valence-electron chi connectivity index (χ3n) is 4.61. The van der Waals surface area contributed by atoms with Crippen molar-refractivity contribution in [2.75, 3.05) is 32.6 Å². The van der Waals surface area contributed by atoms with Gasteiger partial charge in [-0.25, -0.2) is 9.97 Å². The molecule has 2 aliphatic heterocycles. The molecule has 9 heteroatoms. The molecule has 2 N–H and O–H groups in total. The van der Waals surface area contributed by atoms with E-state index in [0.29, 0.717) is 43.3 Å². The van der Waals surface area contributed by atoms with Crippen LogP contribution in [0.15, 0.2) is 23.5 Å². The lowest BCUT2D eigenvalue weighted by Crippen LogP contribution is -2.38. The van der Waals surface area contributed by atoms with E-state index in [9.17, 15) is 9.00 Å². The first-order valence-corrected chi connectivity index (χ1v) is 10.0. The Morgan fingerprint density at radius 2 is 2.27 bits per heavy atom. The molecular formula is C17H20N4O4S. The van der Waals surface area contributed by atoms with Crippen LogP contribution in [0.5, 0.6) is 0 Å². The molecule has 1 saturated heterocycles. The van der Waals surface area contributed by atoms with E-state index in [4.69, 9.17) is 9.47 Å². The second-order valence-electron chi connectivity index (χ2n) is 6.40. The summed E-state index contributed by atoms with van der Waals surface area (Å²) in [7, 11) is -1.27. The van der Waals surface area contributed by atoms with E-state index < -0.39 is 10.8 Å². The number of rotatable bonds is 4. The number of ether oxygens (including phenoxy) is 2. The minimum Gasteiger partial charge on any atom is -0.376 e. The molecule has 0 aliphatic carbocycles. The zero-order chi connectivity index (χ0) is 18.1. The summed E-state index contributed by atoms with van der Waals surface area (Å²) >= 11 is 0. The summed E-state index contributed by atoms with van der Waals surface area (Å²) in [5, 5.41) is 3.20. The average molecular weight is 376 g/mol. The van der Waals surface area contributed by atoms with E-state index in [1.54, 1.807) is 18.3 Å². The largest absolute Gasteiger partial charge is 0.376 e. The molecule has 2 aromatic heterocycles. The molecule has 1 amide bonds. The molecule has 0 aromatic carbocycles. The third kappa shape index (κ3) is 3.42. The molecule has 3 atom stereocenters. The zero-order valence-electron chi connectivity index (χ0n) is 14.4. The van der Waals surface area contributed by atoms with Crippen LogP contribution in [0.1, 0.15) is 28.4 Å².